The number of nitrogens with zero attached hydrogens (tertiary/aromatic N) is 6. The summed E-state index contributed by atoms with van der Waals surface area (Å²) in [4.78, 5) is 33.2. The number of nitrogens with one attached hydrogen (secondary N) is 1. The summed E-state index contributed by atoms with van der Waals surface area (Å²) in [6, 6.07) is 8.88. The highest BCUT2D eigenvalue weighted by Crippen LogP contribution is 2.39. The molecule has 12 heteroatoms. The van der Waals surface area contributed by atoms with Crippen LogP contribution in [0.2, 0.25) is 0 Å². The lowest BCUT2D eigenvalue weighted by molar-refractivity contribution is 0.1000. The van der Waals surface area contributed by atoms with Crippen molar-refractivity contribution >= 4 is 46.8 Å². The van der Waals surface area contributed by atoms with Gasteiger partial charge in [-0.15, -0.1) is 19.3 Å². The Morgan fingerprint density at radius 1 is 1.14 bits per heavy atom. The van der Waals surface area contributed by atoms with E-state index < -0.39 is 5.56 Å². The van der Waals surface area contributed by atoms with Crippen molar-refractivity contribution in [3.05, 3.63) is 67.5 Å². The Kier molecular flexibility index (Phi) is 6.19. The largest absolute Gasteiger partial charge is 0.334 e. The molecule has 3 aromatic heterocycles. The maximum Gasteiger partial charge on any atom is 0.303 e. The number of amides is 1. The molecule has 37 heavy (non-hydrogen) atoms. The average molecular weight is 540 g/mol. The standard InChI is InChI=1S/C25H26FN7O2S2/c1-13-10-20(30-31(13)6)27-17-11-16(29-33(37-26)22(17)34)15-8-7-9-19(14(15)2)32-12-18-21(23(32)35)36-24(28-18)25(3,4)5/h7-11H,12H2,1-6H3,(H,27,30). The van der Waals surface area contributed by atoms with E-state index in [0.717, 1.165) is 22.0 Å². The van der Waals surface area contributed by atoms with Crippen LogP contribution >= 0.6 is 23.7 Å². The first-order chi connectivity index (χ1) is 17.5. The number of thiazole rings is 1. The Labute approximate surface area is 221 Å². The van der Waals surface area contributed by atoms with Crippen molar-refractivity contribution in [1.29, 1.82) is 0 Å². The minimum Gasteiger partial charge on any atom is -0.334 e. The van der Waals surface area contributed by atoms with Crippen LogP contribution in [0.15, 0.2) is 35.1 Å². The minimum atomic E-state index is -0.631. The zero-order valence-electron chi connectivity index (χ0n) is 21.3. The molecule has 1 amide bonds. The number of aromatic nitrogens is 5. The van der Waals surface area contributed by atoms with E-state index in [9.17, 15) is 13.5 Å². The van der Waals surface area contributed by atoms with Crippen molar-refractivity contribution < 1.29 is 8.68 Å². The number of aryl methyl sites for hydroxylation is 2. The molecule has 0 bridgehead atoms. The highest BCUT2D eigenvalue weighted by molar-refractivity contribution is 7.92. The number of rotatable bonds is 5. The Morgan fingerprint density at radius 3 is 2.51 bits per heavy atom. The van der Waals surface area contributed by atoms with Gasteiger partial charge in [0.15, 0.2) is 18.2 Å². The molecule has 0 radical (unpaired) electrons. The van der Waals surface area contributed by atoms with Gasteiger partial charge in [-0.1, -0.05) is 32.9 Å². The Bertz CT molecular complexity index is 1580. The fourth-order valence-electron chi connectivity index (χ4n) is 4.18. The highest BCUT2D eigenvalue weighted by atomic mass is 32.2. The molecule has 9 nitrogen and oxygen atoms in total. The predicted molar refractivity (Wildman–Crippen MR) is 145 cm³/mol. The molecule has 4 heterocycles. The normalized spacial score (nSPS) is 13.4. The molecule has 0 aliphatic carbocycles. The molecule has 0 spiro atoms. The molecular weight excluding hydrogens is 513 g/mol. The third kappa shape index (κ3) is 4.44. The summed E-state index contributed by atoms with van der Waals surface area (Å²) in [6.07, 6.45) is 0. The van der Waals surface area contributed by atoms with Crippen LogP contribution in [0.3, 0.4) is 0 Å². The second-order valence-electron chi connectivity index (χ2n) is 10.00. The van der Waals surface area contributed by atoms with Crippen LogP contribution in [0.4, 0.5) is 21.1 Å². The van der Waals surface area contributed by atoms with E-state index in [1.807, 2.05) is 32.0 Å². The lowest BCUT2D eigenvalue weighted by atomic mass is 9.98. The summed E-state index contributed by atoms with van der Waals surface area (Å²) in [7, 11) is 1.79. The second-order valence-corrected chi connectivity index (χ2v) is 11.5. The first-order valence-electron chi connectivity index (χ1n) is 11.6. The van der Waals surface area contributed by atoms with Gasteiger partial charge in [0.1, 0.15) is 10.6 Å². The van der Waals surface area contributed by atoms with E-state index >= 15 is 0 Å². The molecule has 192 valence electrons. The fourth-order valence-corrected chi connectivity index (χ4v) is 5.54. The maximum atomic E-state index is 13.7. The quantitative estimate of drug-likeness (QED) is 0.368. The van der Waals surface area contributed by atoms with Crippen molar-refractivity contribution in [1.82, 2.24) is 24.0 Å². The van der Waals surface area contributed by atoms with Crippen molar-refractivity contribution in [2.75, 3.05) is 10.2 Å². The number of halogens is 1. The van der Waals surface area contributed by atoms with Crippen LogP contribution < -0.4 is 15.8 Å². The van der Waals surface area contributed by atoms with Gasteiger partial charge in [0.05, 0.1) is 22.9 Å². The van der Waals surface area contributed by atoms with E-state index in [0.29, 0.717) is 38.3 Å². The van der Waals surface area contributed by atoms with Gasteiger partial charge in [-0.3, -0.25) is 14.3 Å². The second kappa shape index (κ2) is 9.10. The van der Waals surface area contributed by atoms with Crippen LogP contribution in [0, 0.1) is 13.8 Å². The Morgan fingerprint density at radius 2 is 1.89 bits per heavy atom. The lowest BCUT2D eigenvalue weighted by Gasteiger charge is -2.21. The zero-order chi connectivity index (χ0) is 26.6. The molecule has 0 unspecified atom stereocenters. The summed E-state index contributed by atoms with van der Waals surface area (Å²) in [5.74, 6) is 0.374. The number of benzene rings is 1. The van der Waals surface area contributed by atoms with E-state index in [-0.39, 0.29) is 29.3 Å². The molecular formula is C25H26FN7O2S2. The number of carbonyl (C=O) groups is 1. The van der Waals surface area contributed by atoms with Crippen LogP contribution in [-0.4, -0.2) is 29.9 Å². The van der Waals surface area contributed by atoms with Gasteiger partial charge in [0, 0.05) is 35.5 Å². The van der Waals surface area contributed by atoms with Crippen LogP contribution in [0.5, 0.6) is 0 Å². The zero-order valence-corrected chi connectivity index (χ0v) is 22.9. The Hall–Kier alpha value is -3.51. The first kappa shape index (κ1) is 25.2. The third-order valence-electron chi connectivity index (χ3n) is 6.28. The maximum absolute atomic E-state index is 13.7. The van der Waals surface area contributed by atoms with E-state index in [1.165, 1.54) is 11.3 Å². The van der Waals surface area contributed by atoms with E-state index in [4.69, 9.17) is 4.98 Å². The van der Waals surface area contributed by atoms with Crippen molar-refractivity contribution in [3.8, 4) is 11.3 Å². The predicted octanol–water partition coefficient (Wildman–Crippen LogP) is 5.30. The fraction of sp³-hybridized carbons (Fsp3) is 0.320. The first-order valence-corrected chi connectivity index (χ1v) is 13.1. The van der Waals surface area contributed by atoms with E-state index in [2.05, 4.69) is 36.3 Å². The van der Waals surface area contributed by atoms with Gasteiger partial charge in [-0.2, -0.15) is 10.2 Å². The molecule has 1 aliphatic rings. The van der Waals surface area contributed by atoms with Gasteiger partial charge in [0.2, 0.25) is 0 Å². The van der Waals surface area contributed by atoms with Gasteiger partial charge < -0.3 is 10.2 Å². The summed E-state index contributed by atoms with van der Waals surface area (Å²) in [6.45, 7) is 10.4. The molecule has 0 saturated carbocycles. The number of fused-ring (bicyclic) bond motifs is 1. The number of hydrogen-bond donors (Lipinski definition) is 1. The van der Waals surface area contributed by atoms with Crippen molar-refractivity contribution in [2.45, 2.75) is 46.6 Å². The van der Waals surface area contributed by atoms with Crippen LogP contribution in [0.1, 0.15) is 52.4 Å². The number of anilines is 3. The van der Waals surface area contributed by atoms with Crippen LogP contribution in [-0.2, 0) is 19.0 Å². The van der Waals surface area contributed by atoms with Crippen molar-refractivity contribution in [2.24, 2.45) is 7.05 Å². The molecule has 1 aromatic carbocycles. The topological polar surface area (TPSA) is 97.9 Å². The Balaban J connectivity index is 1.52. The number of hydrogen-bond acceptors (Lipinski definition) is 8. The summed E-state index contributed by atoms with van der Waals surface area (Å²) in [5.41, 5.74) is 3.61. The molecule has 1 aliphatic heterocycles. The van der Waals surface area contributed by atoms with Gasteiger partial charge >= 0.3 is 5.56 Å². The average Bonchev–Trinajstić information content (AvgIpc) is 3.49. The molecule has 4 aromatic rings. The molecule has 0 saturated heterocycles. The molecule has 0 atom stereocenters. The van der Waals surface area contributed by atoms with Crippen LogP contribution in [0.25, 0.3) is 11.3 Å². The minimum absolute atomic E-state index is 0.0895. The van der Waals surface area contributed by atoms with Crippen molar-refractivity contribution in [3.63, 3.8) is 0 Å². The molecule has 1 N–H and O–H groups in total. The molecule has 5 rings (SSSR count). The third-order valence-corrected chi connectivity index (χ3v) is 8.17. The lowest BCUT2D eigenvalue weighted by Crippen LogP contribution is -2.25. The monoisotopic (exact) mass is 539 g/mol. The van der Waals surface area contributed by atoms with Gasteiger partial charge in [-0.25, -0.2) is 4.98 Å². The summed E-state index contributed by atoms with van der Waals surface area (Å²) in [5, 5.41) is 12.5. The smallest absolute Gasteiger partial charge is 0.303 e. The van der Waals surface area contributed by atoms with E-state index in [1.54, 1.807) is 28.8 Å². The number of carbonyl (C=O) groups excluding carboxylic acids is 1. The summed E-state index contributed by atoms with van der Waals surface area (Å²) < 4.78 is 16.1. The van der Waals surface area contributed by atoms with Gasteiger partial charge in [0.25, 0.3) is 5.91 Å². The summed E-state index contributed by atoms with van der Waals surface area (Å²) >= 11 is 1.17. The van der Waals surface area contributed by atoms with Gasteiger partial charge in [-0.05, 0) is 31.5 Å². The SMILES string of the molecule is Cc1c(-c2cc(Nc3cc(C)n(C)n3)c(=O)n(SF)n2)cccc1N1Cc2nc(C(C)(C)C)sc2C1=O. The molecule has 0 fully saturated rings. The highest BCUT2D eigenvalue weighted by Gasteiger charge is 2.35.